The van der Waals surface area contributed by atoms with Gasteiger partial charge in [-0.3, -0.25) is 43.5 Å². The molecule has 2 rings (SSSR count). The van der Waals surface area contributed by atoms with Crippen molar-refractivity contribution in [1.82, 2.24) is 14.7 Å². The molecule has 0 unspecified atom stereocenters. The zero-order valence-electron chi connectivity index (χ0n) is 30.1. The minimum Gasteiger partial charge on any atom is -0.481 e. The zero-order chi connectivity index (χ0) is 40.2. The molecule has 17 heteroatoms. The number of nitrogens with zero attached hydrogens (tertiary/aromatic N) is 3. The van der Waals surface area contributed by atoms with Gasteiger partial charge in [0.15, 0.2) is 5.78 Å². The first-order valence-electron chi connectivity index (χ1n) is 16.5. The van der Waals surface area contributed by atoms with Gasteiger partial charge in [0, 0.05) is 39.5 Å². The van der Waals surface area contributed by atoms with E-state index in [1.807, 2.05) is 54.6 Å². The zero-order valence-corrected chi connectivity index (χ0v) is 30.1. The van der Waals surface area contributed by atoms with Crippen molar-refractivity contribution in [2.45, 2.75) is 45.3 Å². The fourth-order valence-corrected chi connectivity index (χ4v) is 4.69. The van der Waals surface area contributed by atoms with Crippen molar-refractivity contribution in [3.8, 4) is 0 Å². The molecule has 0 aromatic heterocycles. The van der Waals surface area contributed by atoms with Gasteiger partial charge in [0.1, 0.15) is 12.4 Å². The van der Waals surface area contributed by atoms with Gasteiger partial charge in [0.25, 0.3) is 5.97 Å². The molecule has 0 spiro atoms. The average Bonchev–Trinajstić information content (AvgIpc) is 3.07. The van der Waals surface area contributed by atoms with E-state index in [-0.39, 0.29) is 63.5 Å². The van der Waals surface area contributed by atoms with Crippen LogP contribution in [-0.4, -0.2) is 149 Å². The number of carboxylic acid groups (broad SMARTS) is 4. The van der Waals surface area contributed by atoms with E-state index in [1.165, 1.54) is 4.90 Å². The highest BCUT2D eigenvalue weighted by Crippen LogP contribution is 2.10. The number of carbonyl (C=O) groups is 6. The predicted octanol–water partition coefficient (Wildman–Crippen LogP) is 0.531. The number of carboxylic acids is 4. The van der Waals surface area contributed by atoms with Gasteiger partial charge in [-0.1, -0.05) is 54.6 Å². The van der Waals surface area contributed by atoms with Crippen molar-refractivity contribution in [3.05, 3.63) is 71.3 Å². The summed E-state index contributed by atoms with van der Waals surface area (Å²) in [5.74, 6) is -4.34. The molecule has 292 valence electrons. The van der Waals surface area contributed by atoms with Crippen molar-refractivity contribution in [2.24, 2.45) is 5.73 Å². The fourth-order valence-electron chi connectivity index (χ4n) is 4.69. The molecule has 2 aromatic rings. The smallest absolute Gasteiger partial charge is 0.373 e. The highest BCUT2D eigenvalue weighted by molar-refractivity contribution is 5.85. The SMILES string of the molecule is CC(=O)O.CN(CCN(CCN(CC(=O)O)CC(=O)O)CC(=O)CCc1ccc(COCC(=O)[C@H](N)CCc2ccccc2)cc1)CC(=O)O.O=C=O. The Kier molecular flexibility index (Phi) is 25.7. The number of likely N-dealkylation sites (N-methyl/N-ethyl adjacent to an activating group) is 1. The predicted molar refractivity (Wildman–Crippen MR) is 189 cm³/mol. The number of aryl methyl sites for hydroxylation is 2. The number of benzene rings is 2. The first-order chi connectivity index (χ1) is 25.1. The van der Waals surface area contributed by atoms with Gasteiger partial charge in [-0.2, -0.15) is 9.59 Å². The molecule has 0 saturated carbocycles. The molecule has 17 nitrogen and oxygen atoms in total. The highest BCUT2D eigenvalue weighted by atomic mass is 16.5. The van der Waals surface area contributed by atoms with E-state index in [0.717, 1.165) is 30.0 Å². The summed E-state index contributed by atoms with van der Waals surface area (Å²) < 4.78 is 5.59. The monoisotopic (exact) mass is 746 g/mol. The maximum absolute atomic E-state index is 12.9. The normalized spacial score (nSPS) is 11.1. The quantitative estimate of drug-likeness (QED) is 0.0928. The topological polar surface area (TPSA) is 262 Å². The molecule has 0 aliphatic carbocycles. The molecule has 53 heavy (non-hydrogen) atoms. The Balaban J connectivity index is 0.00000354. The number of hydrogen-bond donors (Lipinski definition) is 5. The van der Waals surface area contributed by atoms with Gasteiger partial charge in [0.2, 0.25) is 0 Å². The van der Waals surface area contributed by atoms with Crippen LogP contribution in [0.3, 0.4) is 0 Å². The molecule has 0 saturated heterocycles. The molecule has 0 aliphatic heterocycles. The van der Waals surface area contributed by atoms with Crippen molar-refractivity contribution in [3.63, 3.8) is 0 Å². The number of ether oxygens (including phenoxy) is 1. The van der Waals surface area contributed by atoms with Crippen LogP contribution in [-0.2, 0) is 62.5 Å². The average molecular weight is 747 g/mol. The standard InChI is InChI=1S/C33H46N4O9.C2H4O2.CO2/c1-35(20-31(40)41)15-16-36(17-18-37(21-32(42)43)22-33(44)45)19-28(38)13-11-26-7-9-27(10-8-26)23-46-24-30(39)29(34)14-12-25-5-3-2-4-6-25;1-2(3)4;2-1-3/h2-10,29H,11-24,34H2,1H3,(H,40,41)(H,42,43)(H,44,45);1H3,(H,3,4);/t29-;;/m1../s1. The number of nitrogens with two attached hydrogens (primary N) is 1. The van der Waals surface area contributed by atoms with Gasteiger partial charge < -0.3 is 30.9 Å². The molecule has 0 heterocycles. The van der Waals surface area contributed by atoms with E-state index >= 15 is 0 Å². The summed E-state index contributed by atoms with van der Waals surface area (Å²) in [6.07, 6.45) is 2.26. The number of aliphatic carboxylic acids is 4. The number of rotatable bonds is 25. The first kappa shape index (κ1) is 47.8. The molecule has 0 aliphatic rings. The molecule has 1 atom stereocenters. The van der Waals surface area contributed by atoms with E-state index in [1.54, 1.807) is 16.8 Å². The second-order valence-corrected chi connectivity index (χ2v) is 12.0. The summed E-state index contributed by atoms with van der Waals surface area (Å²) in [6.45, 7) is 1.30. The lowest BCUT2D eigenvalue weighted by atomic mass is 10.0. The number of ketones is 2. The maximum Gasteiger partial charge on any atom is 0.373 e. The Morgan fingerprint density at radius 3 is 1.70 bits per heavy atom. The summed E-state index contributed by atoms with van der Waals surface area (Å²) >= 11 is 0. The second kappa shape index (κ2) is 28.4. The van der Waals surface area contributed by atoms with Crippen molar-refractivity contribution in [2.75, 3.05) is 66.0 Å². The Morgan fingerprint density at radius 2 is 1.17 bits per heavy atom. The van der Waals surface area contributed by atoms with Crippen LogP contribution in [0.4, 0.5) is 0 Å². The first-order valence-corrected chi connectivity index (χ1v) is 16.5. The third-order valence-electron chi connectivity index (χ3n) is 7.28. The molecule has 0 amide bonds. The lowest BCUT2D eigenvalue weighted by molar-refractivity contribution is -0.192. The van der Waals surface area contributed by atoms with Gasteiger partial charge in [-0.05, 0) is 43.0 Å². The molecule has 0 bridgehead atoms. The Hall–Kier alpha value is -5.16. The van der Waals surface area contributed by atoms with E-state index < -0.39 is 43.0 Å². The van der Waals surface area contributed by atoms with E-state index in [4.69, 9.17) is 45.3 Å². The molecule has 6 N–H and O–H groups in total. The summed E-state index contributed by atoms with van der Waals surface area (Å²) in [5.41, 5.74) is 8.99. The highest BCUT2D eigenvalue weighted by Gasteiger charge is 2.18. The lowest BCUT2D eigenvalue weighted by Gasteiger charge is -2.27. The lowest BCUT2D eigenvalue weighted by Crippen LogP contribution is -2.44. The summed E-state index contributed by atoms with van der Waals surface area (Å²) in [7, 11) is 1.64. The number of Topliss-reactive ketones (excluding diaryl/α,β-unsaturated/α-hetero) is 2. The summed E-state index contributed by atoms with van der Waals surface area (Å²) in [6, 6.07) is 16.8. The minimum atomic E-state index is -1.16. The summed E-state index contributed by atoms with van der Waals surface area (Å²) in [4.78, 5) is 88.4. The van der Waals surface area contributed by atoms with Gasteiger partial charge in [0.05, 0.1) is 38.8 Å². The third-order valence-corrected chi connectivity index (χ3v) is 7.28. The van der Waals surface area contributed by atoms with Gasteiger partial charge in [-0.25, -0.2) is 0 Å². The molecular formula is C36H50N4O13. The Bertz CT molecular complexity index is 1430. The second-order valence-electron chi connectivity index (χ2n) is 12.0. The van der Waals surface area contributed by atoms with Crippen LogP contribution >= 0.6 is 0 Å². The summed E-state index contributed by atoms with van der Waals surface area (Å²) in [5, 5.41) is 34.7. The molecule has 0 fully saturated rings. The molecule has 0 radical (unpaired) electrons. The van der Waals surface area contributed by atoms with E-state index in [0.29, 0.717) is 25.9 Å². The maximum atomic E-state index is 12.9. The van der Waals surface area contributed by atoms with Crippen molar-refractivity contribution >= 4 is 41.6 Å². The fraction of sp³-hybridized carbons (Fsp3) is 0.472. The van der Waals surface area contributed by atoms with Crippen LogP contribution in [0.5, 0.6) is 0 Å². The minimum absolute atomic E-state index is 0.0570. The van der Waals surface area contributed by atoms with Crippen LogP contribution in [0.2, 0.25) is 0 Å². The van der Waals surface area contributed by atoms with Crippen LogP contribution < -0.4 is 5.73 Å². The number of carbonyl (C=O) groups excluding carboxylic acids is 4. The molecular weight excluding hydrogens is 696 g/mol. The Morgan fingerprint density at radius 1 is 0.698 bits per heavy atom. The van der Waals surface area contributed by atoms with Crippen LogP contribution in [0.15, 0.2) is 54.6 Å². The van der Waals surface area contributed by atoms with Gasteiger partial charge in [-0.15, -0.1) is 0 Å². The largest absolute Gasteiger partial charge is 0.481 e. The van der Waals surface area contributed by atoms with Crippen molar-refractivity contribution in [1.29, 1.82) is 0 Å². The van der Waals surface area contributed by atoms with Gasteiger partial charge >= 0.3 is 24.1 Å². The van der Waals surface area contributed by atoms with Crippen LogP contribution in [0, 0.1) is 0 Å². The van der Waals surface area contributed by atoms with E-state index in [9.17, 15) is 24.0 Å². The molecule has 2 aromatic carbocycles. The van der Waals surface area contributed by atoms with Crippen LogP contribution in [0.25, 0.3) is 0 Å². The van der Waals surface area contributed by atoms with E-state index in [2.05, 4.69) is 0 Å². The van der Waals surface area contributed by atoms with Crippen molar-refractivity contribution < 1.29 is 63.5 Å². The van der Waals surface area contributed by atoms with Crippen LogP contribution in [0.1, 0.15) is 36.5 Å². The number of hydrogen-bond acceptors (Lipinski definition) is 13. The third kappa shape index (κ3) is 27.2. The Labute approximate surface area is 307 Å².